The molecule has 0 N–H and O–H groups in total. The van der Waals surface area contributed by atoms with Crippen LogP contribution in [0, 0.1) is 0 Å². The van der Waals surface area contributed by atoms with Crippen molar-refractivity contribution in [1.29, 1.82) is 0 Å². The Morgan fingerprint density at radius 3 is 2.73 bits per heavy atom. The second-order valence-electron chi connectivity index (χ2n) is 2.86. The van der Waals surface area contributed by atoms with Crippen LogP contribution in [0.25, 0.3) is 0 Å². The van der Waals surface area contributed by atoms with Crippen LogP contribution < -0.4 is 0 Å². The van der Waals surface area contributed by atoms with Gasteiger partial charge in [0.2, 0.25) is 0 Å². The van der Waals surface area contributed by atoms with E-state index in [0.29, 0.717) is 13.0 Å². The normalized spacial score (nSPS) is 13.4. The molecule has 0 saturated carbocycles. The van der Waals surface area contributed by atoms with Crippen LogP contribution in [0.15, 0.2) is 15.9 Å². The number of alkyl halides is 3. The minimum absolute atomic E-state index is 0.157. The highest BCUT2D eigenvalue weighted by molar-refractivity contribution is 9.11. The SMILES string of the molecule is FC(F)COCCC(Br)c1sccc1Br. The third-order valence-electron chi connectivity index (χ3n) is 1.69. The maximum atomic E-state index is 11.8. The summed E-state index contributed by atoms with van der Waals surface area (Å²) in [7, 11) is 0. The second kappa shape index (κ2) is 6.93. The molecule has 86 valence electrons. The number of hydrogen-bond donors (Lipinski definition) is 0. The van der Waals surface area contributed by atoms with Gasteiger partial charge in [0, 0.05) is 16.0 Å². The third-order valence-corrected chi connectivity index (χ3v) is 4.89. The second-order valence-corrected chi connectivity index (χ2v) is 5.76. The third kappa shape index (κ3) is 4.89. The number of hydrogen-bond acceptors (Lipinski definition) is 2. The lowest BCUT2D eigenvalue weighted by molar-refractivity contribution is 0.0168. The van der Waals surface area contributed by atoms with Crippen molar-refractivity contribution < 1.29 is 13.5 Å². The largest absolute Gasteiger partial charge is 0.375 e. The monoisotopic (exact) mass is 362 g/mol. The van der Waals surface area contributed by atoms with E-state index in [2.05, 4.69) is 31.9 Å². The number of rotatable bonds is 6. The molecule has 1 unspecified atom stereocenters. The number of halogens is 4. The lowest BCUT2D eigenvalue weighted by atomic mass is 10.3. The quantitative estimate of drug-likeness (QED) is 0.529. The molecule has 6 heteroatoms. The summed E-state index contributed by atoms with van der Waals surface area (Å²) in [5, 5.41) is 1.98. The van der Waals surface area contributed by atoms with Crippen molar-refractivity contribution in [3.05, 3.63) is 20.8 Å². The molecular weight excluding hydrogens is 354 g/mol. The molecule has 0 aliphatic carbocycles. The molecule has 1 heterocycles. The Balaban J connectivity index is 2.25. The van der Waals surface area contributed by atoms with Crippen molar-refractivity contribution in [2.24, 2.45) is 0 Å². The van der Waals surface area contributed by atoms with Gasteiger partial charge >= 0.3 is 0 Å². The standard InChI is InChI=1S/C9H10Br2F2OS/c10-6(1-3-14-5-8(12)13)9-7(11)2-4-15-9/h2,4,6,8H,1,3,5H2. The lowest BCUT2D eigenvalue weighted by Crippen LogP contribution is -2.06. The molecule has 1 rings (SSSR count). The lowest BCUT2D eigenvalue weighted by Gasteiger charge is -2.08. The van der Waals surface area contributed by atoms with Crippen molar-refractivity contribution in [3.8, 4) is 0 Å². The van der Waals surface area contributed by atoms with E-state index in [-0.39, 0.29) is 4.83 Å². The first-order valence-corrected chi connectivity index (χ1v) is 6.93. The molecule has 1 nitrogen and oxygen atoms in total. The number of thiophene rings is 1. The summed E-state index contributed by atoms with van der Waals surface area (Å²) in [5.41, 5.74) is 0. The molecule has 1 atom stereocenters. The van der Waals surface area contributed by atoms with E-state index in [1.165, 1.54) is 0 Å². The van der Waals surface area contributed by atoms with Crippen molar-refractivity contribution >= 4 is 43.2 Å². The Morgan fingerprint density at radius 2 is 2.20 bits per heavy atom. The summed E-state index contributed by atoms with van der Waals surface area (Å²) in [6, 6.07) is 1.97. The van der Waals surface area contributed by atoms with E-state index in [1.807, 2.05) is 11.4 Å². The van der Waals surface area contributed by atoms with Crippen LogP contribution in [-0.4, -0.2) is 19.6 Å². The summed E-state index contributed by atoms with van der Waals surface area (Å²) in [6.45, 7) is -0.143. The number of ether oxygens (including phenoxy) is 1. The van der Waals surface area contributed by atoms with Crippen LogP contribution in [0.2, 0.25) is 0 Å². The maximum absolute atomic E-state index is 11.8. The summed E-state index contributed by atoms with van der Waals surface area (Å²) >= 11 is 8.54. The van der Waals surface area contributed by atoms with Gasteiger partial charge in [0.05, 0.1) is 4.83 Å². The zero-order valence-electron chi connectivity index (χ0n) is 7.76. The highest BCUT2D eigenvalue weighted by Crippen LogP contribution is 2.36. The van der Waals surface area contributed by atoms with Gasteiger partial charge in [-0.1, -0.05) is 15.9 Å². The Labute approximate surface area is 108 Å². The summed E-state index contributed by atoms with van der Waals surface area (Å²) in [5.74, 6) is 0. The molecule has 0 saturated heterocycles. The highest BCUT2D eigenvalue weighted by atomic mass is 79.9. The van der Waals surface area contributed by atoms with Crippen LogP contribution in [0.5, 0.6) is 0 Å². The fourth-order valence-corrected chi connectivity index (χ4v) is 3.74. The Hall–Kier alpha value is 0.480. The van der Waals surface area contributed by atoms with E-state index in [1.54, 1.807) is 11.3 Å². The van der Waals surface area contributed by atoms with Crippen molar-refractivity contribution in [2.45, 2.75) is 17.7 Å². The van der Waals surface area contributed by atoms with Crippen LogP contribution in [0.4, 0.5) is 8.78 Å². The van der Waals surface area contributed by atoms with Gasteiger partial charge in [-0.15, -0.1) is 11.3 Å². The minimum atomic E-state index is -2.38. The van der Waals surface area contributed by atoms with Gasteiger partial charge in [-0.3, -0.25) is 0 Å². The van der Waals surface area contributed by atoms with E-state index >= 15 is 0 Å². The molecule has 0 aliphatic heterocycles. The van der Waals surface area contributed by atoms with Gasteiger partial charge in [0.15, 0.2) is 0 Å². The van der Waals surface area contributed by atoms with Gasteiger partial charge in [-0.2, -0.15) is 0 Å². The van der Waals surface area contributed by atoms with Gasteiger partial charge in [-0.05, 0) is 33.8 Å². The molecular formula is C9H10Br2F2OS. The maximum Gasteiger partial charge on any atom is 0.261 e. The molecule has 0 aromatic carbocycles. The summed E-state index contributed by atoms with van der Waals surface area (Å²) in [4.78, 5) is 1.32. The average molecular weight is 364 g/mol. The molecule has 0 fully saturated rings. The molecule has 0 bridgehead atoms. The molecule has 1 aromatic heterocycles. The van der Waals surface area contributed by atoms with Crippen molar-refractivity contribution in [1.82, 2.24) is 0 Å². The molecule has 0 amide bonds. The predicted octanol–water partition coefficient (Wildman–Crippen LogP) is 4.62. The van der Waals surface area contributed by atoms with E-state index in [9.17, 15) is 8.78 Å². The van der Waals surface area contributed by atoms with Gasteiger partial charge < -0.3 is 4.74 Å². The average Bonchev–Trinajstić information content (AvgIpc) is 2.58. The first-order chi connectivity index (χ1) is 7.11. The zero-order valence-corrected chi connectivity index (χ0v) is 11.7. The van der Waals surface area contributed by atoms with E-state index in [4.69, 9.17) is 4.74 Å². The van der Waals surface area contributed by atoms with Gasteiger partial charge in [0.1, 0.15) is 6.61 Å². The Kier molecular flexibility index (Phi) is 6.26. The fraction of sp³-hybridized carbons (Fsp3) is 0.556. The van der Waals surface area contributed by atoms with Crippen molar-refractivity contribution in [3.63, 3.8) is 0 Å². The fourth-order valence-electron chi connectivity index (χ4n) is 1.02. The van der Waals surface area contributed by atoms with Crippen LogP contribution >= 0.6 is 43.2 Å². The Morgan fingerprint density at radius 1 is 1.47 bits per heavy atom. The topological polar surface area (TPSA) is 9.23 Å². The zero-order chi connectivity index (χ0) is 11.3. The van der Waals surface area contributed by atoms with Crippen LogP contribution in [-0.2, 0) is 4.74 Å². The van der Waals surface area contributed by atoms with Crippen LogP contribution in [0.1, 0.15) is 16.1 Å². The van der Waals surface area contributed by atoms with Gasteiger partial charge in [0.25, 0.3) is 6.43 Å². The smallest absolute Gasteiger partial charge is 0.261 e. The molecule has 1 aromatic rings. The summed E-state index contributed by atoms with van der Waals surface area (Å²) < 4.78 is 29.4. The minimum Gasteiger partial charge on any atom is -0.375 e. The first-order valence-electron chi connectivity index (χ1n) is 4.34. The summed E-state index contributed by atoms with van der Waals surface area (Å²) in [6.07, 6.45) is -1.70. The first kappa shape index (κ1) is 13.5. The molecule has 0 radical (unpaired) electrons. The van der Waals surface area contributed by atoms with Crippen LogP contribution in [0.3, 0.4) is 0 Å². The molecule has 0 aliphatic rings. The molecule has 15 heavy (non-hydrogen) atoms. The van der Waals surface area contributed by atoms with E-state index in [0.717, 1.165) is 9.35 Å². The van der Waals surface area contributed by atoms with Crippen molar-refractivity contribution in [2.75, 3.05) is 13.2 Å². The highest BCUT2D eigenvalue weighted by Gasteiger charge is 2.12. The van der Waals surface area contributed by atoms with Gasteiger partial charge in [-0.25, -0.2) is 8.78 Å². The van der Waals surface area contributed by atoms with E-state index < -0.39 is 13.0 Å². The molecule has 0 spiro atoms. The predicted molar refractivity (Wildman–Crippen MR) is 65.1 cm³/mol. The Bertz CT molecular complexity index is 293.